The zero-order valence-corrected chi connectivity index (χ0v) is 9.78. The van der Waals surface area contributed by atoms with Gasteiger partial charge in [-0.2, -0.15) is 0 Å². The molecule has 0 aliphatic heterocycles. The summed E-state index contributed by atoms with van der Waals surface area (Å²) in [6.45, 7) is 1.39. The summed E-state index contributed by atoms with van der Waals surface area (Å²) in [5, 5.41) is 15.1. The average Bonchev–Trinajstić information content (AvgIpc) is 2.84. The highest BCUT2D eigenvalue weighted by molar-refractivity contribution is 7.10. The van der Waals surface area contributed by atoms with Gasteiger partial charge in [-0.25, -0.2) is 0 Å². The molecule has 1 unspecified atom stereocenters. The number of hydrogen-bond acceptors (Lipinski definition) is 3. The summed E-state index contributed by atoms with van der Waals surface area (Å²) in [5.74, 6) is 0. The van der Waals surface area contributed by atoms with Crippen molar-refractivity contribution < 1.29 is 5.11 Å². The summed E-state index contributed by atoms with van der Waals surface area (Å²) in [5.41, 5.74) is 1.24. The van der Waals surface area contributed by atoms with Gasteiger partial charge in [0.25, 0.3) is 0 Å². The smallest absolute Gasteiger partial charge is 0.101 e. The van der Waals surface area contributed by atoms with Crippen LogP contribution in [-0.2, 0) is 6.54 Å². The first kappa shape index (κ1) is 11.3. The van der Waals surface area contributed by atoms with Crippen molar-refractivity contribution in [2.24, 2.45) is 0 Å². The molecule has 0 amide bonds. The molecule has 16 heavy (non-hydrogen) atoms. The van der Waals surface area contributed by atoms with Gasteiger partial charge in [0.05, 0.1) is 0 Å². The van der Waals surface area contributed by atoms with Crippen molar-refractivity contribution in [1.82, 2.24) is 5.32 Å². The number of nitrogens with one attached hydrogen (secondary N) is 1. The Morgan fingerprint density at radius 3 is 2.62 bits per heavy atom. The summed E-state index contributed by atoms with van der Waals surface area (Å²) in [6, 6.07) is 14.1. The van der Waals surface area contributed by atoms with Crippen LogP contribution < -0.4 is 5.32 Å². The number of thiophene rings is 1. The summed E-state index contributed by atoms with van der Waals surface area (Å²) >= 11 is 1.59. The van der Waals surface area contributed by atoms with Crippen LogP contribution in [0.3, 0.4) is 0 Å². The van der Waals surface area contributed by atoms with Crippen molar-refractivity contribution in [3.05, 3.63) is 58.3 Å². The van der Waals surface area contributed by atoms with Crippen LogP contribution in [0.15, 0.2) is 47.8 Å². The van der Waals surface area contributed by atoms with Crippen molar-refractivity contribution in [2.45, 2.75) is 12.6 Å². The van der Waals surface area contributed by atoms with Crippen LogP contribution in [0.2, 0.25) is 0 Å². The number of benzene rings is 1. The zero-order valence-electron chi connectivity index (χ0n) is 8.97. The topological polar surface area (TPSA) is 32.3 Å². The Hall–Kier alpha value is -1.16. The molecule has 1 heterocycles. The standard InChI is InChI=1S/C13H15NOS/c15-12(13-7-4-8-16-13)10-14-9-11-5-2-1-3-6-11/h1-8,12,14-15H,9-10H2. The lowest BCUT2D eigenvalue weighted by Gasteiger charge is -2.09. The Bertz CT molecular complexity index is 399. The monoisotopic (exact) mass is 233 g/mol. The van der Waals surface area contributed by atoms with E-state index in [0.717, 1.165) is 11.4 Å². The molecule has 1 aromatic carbocycles. The van der Waals surface area contributed by atoms with Crippen molar-refractivity contribution >= 4 is 11.3 Å². The number of aliphatic hydroxyl groups excluding tert-OH is 1. The van der Waals surface area contributed by atoms with Crippen LogP contribution in [0.25, 0.3) is 0 Å². The maximum atomic E-state index is 9.84. The van der Waals surface area contributed by atoms with Crippen molar-refractivity contribution in [1.29, 1.82) is 0 Å². The molecule has 1 aromatic heterocycles. The maximum absolute atomic E-state index is 9.84. The van der Waals surface area contributed by atoms with E-state index in [1.807, 2.05) is 35.7 Å². The molecule has 0 saturated heterocycles. The second-order valence-corrected chi connectivity index (χ2v) is 4.63. The molecule has 1 atom stereocenters. The minimum absolute atomic E-state index is 0.399. The fourth-order valence-electron chi connectivity index (χ4n) is 1.53. The lowest BCUT2D eigenvalue weighted by molar-refractivity contribution is 0.178. The molecule has 0 fully saturated rings. The SMILES string of the molecule is OC(CNCc1ccccc1)c1cccs1. The quantitative estimate of drug-likeness (QED) is 0.832. The molecule has 3 heteroatoms. The van der Waals surface area contributed by atoms with Gasteiger partial charge >= 0.3 is 0 Å². The fourth-order valence-corrected chi connectivity index (χ4v) is 2.24. The van der Waals surface area contributed by atoms with Crippen LogP contribution in [-0.4, -0.2) is 11.7 Å². The fraction of sp³-hybridized carbons (Fsp3) is 0.231. The van der Waals surface area contributed by atoms with Gasteiger partial charge in [0.2, 0.25) is 0 Å². The second kappa shape index (κ2) is 5.80. The molecular weight excluding hydrogens is 218 g/mol. The molecule has 2 nitrogen and oxygen atoms in total. The lowest BCUT2D eigenvalue weighted by Crippen LogP contribution is -2.20. The molecule has 0 radical (unpaired) electrons. The minimum atomic E-state index is -0.399. The third-order valence-electron chi connectivity index (χ3n) is 2.38. The largest absolute Gasteiger partial charge is 0.386 e. The van der Waals surface area contributed by atoms with E-state index in [9.17, 15) is 5.11 Å². The number of aliphatic hydroxyl groups is 1. The van der Waals surface area contributed by atoms with E-state index in [1.54, 1.807) is 11.3 Å². The molecule has 0 saturated carbocycles. The van der Waals surface area contributed by atoms with Crippen LogP contribution >= 0.6 is 11.3 Å². The Kier molecular flexibility index (Phi) is 4.10. The van der Waals surface area contributed by atoms with E-state index in [1.165, 1.54) is 5.56 Å². The van der Waals surface area contributed by atoms with E-state index >= 15 is 0 Å². The Morgan fingerprint density at radius 1 is 1.12 bits per heavy atom. The molecular formula is C13H15NOS. The van der Waals surface area contributed by atoms with Crippen LogP contribution in [0, 0.1) is 0 Å². The summed E-state index contributed by atoms with van der Waals surface area (Å²) in [6.07, 6.45) is -0.399. The second-order valence-electron chi connectivity index (χ2n) is 3.65. The molecule has 0 aliphatic carbocycles. The van der Waals surface area contributed by atoms with Gasteiger partial charge in [-0.15, -0.1) is 11.3 Å². The van der Waals surface area contributed by atoms with Gasteiger partial charge in [0.1, 0.15) is 6.10 Å². The minimum Gasteiger partial charge on any atom is -0.386 e. The van der Waals surface area contributed by atoms with Crippen LogP contribution in [0.5, 0.6) is 0 Å². The maximum Gasteiger partial charge on any atom is 0.101 e. The van der Waals surface area contributed by atoms with E-state index in [-0.39, 0.29) is 0 Å². The van der Waals surface area contributed by atoms with Gasteiger partial charge in [0, 0.05) is 18.0 Å². The third-order valence-corrected chi connectivity index (χ3v) is 3.35. The number of hydrogen-bond donors (Lipinski definition) is 2. The number of rotatable bonds is 5. The van der Waals surface area contributed by atoms with E-state index in [4.69, 9.17) is 0 Å². The molecule has 0 spiro atoms. The van der Waals surface area contributed by atoms with E-state index < -0.39 is 6.10 Å². The van der Waals surface area contributed by atoms with Crippen molar-refractivity contribution in [2.75, 3.05) is 6.54 Å². The Balaban J connectivity index is 1.76. The molecule has 2 rings (SSSR count). The van der Waals surface area contributed by atoms with Gasteiger partial charge in [-0.3, -0.25) is 0 Å². The van der Waals surface area contributed by atoms with Crippen molar-refractivity contribution in [3.63, 3.8) is 0 Å². The first-order valence-corrected chi connectivity index (χ1v) is 6.20. The zero-order chi connectivity index (χ0) is 11.2. The van der Waals surface area contributed by atoms with Gasteiger partial charge in [-0.1, -0.05) is 36.4 Å². The first-order valence-electron chi connectivity index (χ1n) is 5.32. The highest BCUT2D eigenvalue weighted by Crippen LogP contribution is 2.17. The van der Waals surface area contributed by atoms with Crippen LogP contribution in [0.1, 0.15) is 16.5 Å². The van der Waals surface area contributed by atoms with Crippen LogP contribution in [0.4, 0.5) is 0 Å². The Morgan fingerprint density at radius 2 is 1.94 bits per heavy atom. The van der Waals surface area contributed by atoms with E-state index in [2.05, 4.69) is 17.4 Å². The molecule has 0 aliphatic rings. The molecule has 2 N–H and O–H groups in total. The highest BCUT2D eigenvalue weighted by Gasteiger charge is 2.06. The van der Waals surface area contributed by atoms with Gasteiger partial charge in [-0.05, 0) is 17.0 Å². The first-order chi connectivity index (χ1) is 7.86. The predicted octanol–water partition coefficient (Wildman–Crippen LogP) is 2.57. The van der Waals surface area contributed by atoms with Gasteiger partial charge in [0.15, 0.2) is 0 Å². The normalized spacial score (nSPS) is 12.6. The van der Waals surface area contributed by atoms with Crippen molar-refractivity contribution in [3.8, 4) is 0 Å². The summed E-state index contributed by atoms with van der Waals surface area (Å²) in [7, 11) is 0. The molecule has 84 valence electrons. The Labute approximate surface area is 99.6 Å². The molecule has 2 aromatic rings. The van der Waals surface area contributed by atoms with Gasteiger partial charge < -0.3 is 10.4 Å². The summed E-state index contributed by atoms with van der Waals surface area (Å²) in [4.78, 5) is 1.01. The van der Waals surface area contributed by atoms with E-state index in [0.29, 0.717) is 6.54 Å². The summed E-state index contributed by atoms with van der Waals surface area (Å²) < 4.78 is 0. The predicted molar refractivity (Wildman–Crippen MR) is 67.4 cm³/mol. The third kappa shape index (κ3) is 3.17. The molecule has 0 bridgehead atoms. The lowest BCUT2D eigenvalue weighted by atomic mass is 10.2. The highest BCUT2D eigenvalue weighted by atomic mass is 32.1. The average molecular weight is 233 g/mol.